The highest BCUT2D eigenvalue weighted by atomic mass is 19.1. The van der Waals surface area contributed by atoms with E-state index < -0.39 is 0 Å². The molecule has 0 saturated carbocycles. The molecule has 2 aromatic rings. The first-order valence-electron chi connectivity index (χ1n) is 6.94. The van der Waals surface area contributed by atoms with E-state index in [0.29, 0.717) is 0 Å². The molecule has 0 aromatic heterocycles. The number of nitrogens with one attached hydrogen (secondary N) is 3. The predicted molar refractivity (Wildman–Crippen MR) is 85.5 cm³/mol. The number of aromatic nitrogens is 2. The van der Waals surface area contributed by atoms with Crippen LogP contribution in [-0.2, 0) is 0 Å². The third-order valence-electron chi connectivity index (χ3n) is 3.81. The number of rotatable bonds is 3. The van der Waals surface area contributed by atoms with Crippen LogP contribution < -0.4 is 10.1 Å². The average Bonchev–Trinajstić information content (AvgIpc) is 3.09. The number of ether oxygens (including phenoxy) is 1. The number of halogens is 1. The van der Waals surface area contributed by atoms with Crippen molar-refractivity contribution >= 4 is 22.3 Å². The van der Waals surface area contributed by atoms with Crippen LogP contribution in [0.3, 0.4) is 0 Å². The lowest BCUT2D eigenvalue weighted by Gasteiger charge is -2.04. The SMILES string of the molecule is COc1cccc2c3[nH][nH]c(Nc4ccc(F)cc4)c-3cc12. The molecular formula is C17H14FN3O. The molecule has 110 valence electrons. The Labute approximate surface area is 126 Å². The maximum absolute atomic E-state index is 13.0. The Morgan fingerprint density at radius 2 is 1.82 bits per heavy atom. The van der Waals surface area contributed by atoms with Crippen molar-refractivity contribution < 1.29 is 9.13 Å². The zero-order valence-electron chi connectivity index (χ0n) is 11.9. The number of anilines is 2. The second-order valence-corrected chi connectivity index (χ2v) is 5.11. The van der Waals surface area contributed by atoms with Gasteiger partial charge in [0.2, 0.25) is 0 Å². The molecule has 1 heterocycles. The second kappa shape index (κ2) is 4.80. The fraction of sp³-hybridized carbons (Fsp3) is 0.0588. The molecule has 22 heavy (non-hydrogen) atoms. The van der Waals surface area contributed by atoms with Gasteiger partial charge in [-0.1, -0.05) is 12.1 Å². The van der Waals surface area contributed by atoms with E-state index in [0.717, 1.165) is 39.3 Å². The summed E-state index contributed by atoms with van der Waals surface area (Å²) in [6.45, 7) is 0. The van der Waals surface area contributed by atoms with Gasteiger partial charge in [-0.15, -0.1) is 0 Å². The Hall–Kier alpha value is -2.95. The molecule has 0 unspecified atom stereocenters. The van der Waals surface area contributed by atoms with Crippen molar-refractivity contribution in [2.45, 2.75) is 0 Å². The van der Waals surface area contributed by atoms with Gasteiger partial charge in [0.15, 0.2) is 0 Å². The fourth-order valence-corrected chi connectivity index (χ4v) is 2.75. The highest BCUT2D eigenvalue weighted by Crippen LogP contribution is 2.41. The monoisotopic (exact) mass is 295 g/mol. The van der Waals surface area contributed by atoms with Crippen molar-refractivity contribution in [2.24, 2.45) is 0 Å². The van der Waals surface area contributed by atoms with E-state index >= 15 is 0 Å². The lowest BCUT2D eigenvalue weighted by molar-refractivity contribution is 0.420. The minimum absolute atomic E-state index is 0.252. The molecule has 4 rings (SSSR count). The topological polar surface area (TPSA) is 52.8 Å². The van der Waals surface area contributed by atoms with Crippen LogP contribution in [0.4, 0.5) is 15.9 Å². The van der Waals surface area contributed by atoms with Crippen LogP contribution in [-0.4, -0.2) is 17.3 Å². The minimum Gasteiger partial charge on any atom is -0.496 e. The Balaban J connectivity index is 1.79. The zero-order valence-corrected chi connectivity index (χ0v) is 11.9. The summed E-state index contributed by atoms with van der Waals surface area (Å²) < 4.78 is 18.4. The molecule has 2 aliphatic rings. The molecule has 2 aromatic carbocycles. The summed E-state index contributed by atoms with van der Waals surface area (Å²) in [6.07, 6.45) is 0. The first kappa shape index (κ1) is 12.8. The van der Waals surface area contributed by atoms with Crippen LogP contribution in [0.25, 0.3) is 22.0 Å². The Kier molecular flexibility index (Phi) is 2.79. The van der Waals surface area contributed by atoms with Gasteiger partial charge in [-0.3, -0.25) is 10.2 Å². The molecule has 3 N–H and O–H groups in total. The molecule has 0 atom stereocenters. The fourth-order valence-electron chi connectivity index (χ4n) is 2.75. The molecule has 0 bridgehead atoms. The van der Waals surface area contributed by atoms with E-state index in [2.05, 4.69) is 21.6 Å². The molecule has 0 spiro atoms. The third kappa shape index (κ3) is 1.90. The van der Waals surface area contributed by atoms with Gasteiger partial charge < -0.3 is 10.1 Å². The van der Waals surface area contributed by atoms with Crippen LogP contribution in [0.1, 0.15) is 0 Å². The number of H-pyrrole nitrogens is 2. The van der Waals surface area contributed by atoms with Crippen molar-refractivity contribution in [3.8, 4) is 17.0 Å². The van der Waals surface area contributed by atoms with Crippen LogP contribution in [0.2, 0.25) is 0 Å². The minimum atomic E-state index is -0.252. The zero-order chi connectivity index (χ0) is 15.1. The maximum atomic E-state index is 13.0. The number of methoxy groups -OCH3 is 1. The summed E-state index contributed by atoms with van der Waals surface area (Å²) in [4.78, 5) is 0. The predicted octanol–water partition coefficient (Wildman–Crippen LogP) is 4.49. The summed E-state index contributed by atoms with van der Waals surface area (Å²) in [5, 5.41) is 11.7. The van der Waals surface area contributed by atoms with Gasteiger partial charge in [-0.05, 0) is 36.4 Å². The quantitative estimate of drug-likeness (QED) is 0.521. The van der Waals surface area contributed by atoms with E-state index in [-0.39, 0.29) is 5.82 Å². The molecule has 0 radical (unpaired) electrons. The maximum Gasteiger partial charge on any atom is 0.132 e. The van der Waals surface area contributed by atoms with Crippen molar-refractivity contribution in [3.05, 3.63) is 54.3 Å². The summed E-state index contributed by atoms with van der Waals surface area (Å²) >= 11 is 0. The molecule has 0 saturated heterocycles. The summed E-state index contributed by atoms with van der Waals surface area (Å²) in [7, 11) is 1.67. The lowest BCUT2D eigenvalue weighted by Crippen LogP contribution is -1.91. The highest BCUT2D eigenvalue weighted by Gasteiger charge is 2.18. The number of hydrogen-bond acceptors (Lipinski definition) is 2. The van der Waals surface area contributed by atoms with Gasteiger partial charge in [0.05, 0.1) is 12.8 Å². The van der Waals surface area contributed by atoms with E-state index in [1.54, 1.807) is 19.2 Å². The van der Waals surface area contributed by atoms with E-state index in [1.807, 2.05) is 18.2 Å². The Morgan fingerprint density at radius 3 is 2.59 bits per heavy atom. The van der Waals surface area contributed by atoms with E-state index in [9.17, 15) is 4.39 Å². The van der Waals surface area contributed by atoms with Crippen molar-refractivity contribution in [1.29, 1.82) is 0 Å². The number of benzene rings is 2. The standard InChI is InChI=1S/C17H14FN3O/c1-22-15-4-2-3-12-13(15)9-14-16(12)20-21-17(14)19-11-7-5-10(18)6-8-11/h2-9,19-21H,1H3. The normalized spacial score (nSPS) is 11.2. The van der Waals surface area contributed by atoms with Crippen molar-refractivity contribution in [2.75, 3.05) is 12.4 Å². The van der Waals surface area contributed by atoms with E-state index in [1.165, 1.54) is 12.1 Å². The Morgan fingerprint density at radius 1 is 1.00 bits per heavy atom. The van der Waals surface area contributed by atoms with Gasteiger partial charge in [-0.2, -0.15) is 0 Å². The highest BCUT2D eigenvalue weighted by molar-refractivity contribution is 6.06. The number of aromatic amines is 2. The van der Waals surface area contributed by atoms with Crippen LogP contribution in [0.15, 0.2) is 48.5 Å². The first-order valence-corrected chi connectivity index (χ1v) is 6.94. The molecule has 0 fully saturated rings. The summed E-state index contributed by atoms with van der Waals surface area (Å²) in [5.41, 5.74) is 2.86. The largest absolute Gasteiger partial charge is 0.496 e. The van der Waals surface area contributed by atoms with Gasteiger partial charge >= 0.3 is 0 Å². The molecule has 1 aliphatic heterocycles. The average molecular weight is 295 g/mol. The first-order chi connectivity index (χ1) is 10.8. The lowest BCUT2D eigenvalue weighted by atomic mass is 10.2. The second-order valence-electron chi connectivity index (χ2n) is 5.11. The van der Waals surface area contributed by atoms with Crippen molar-refractivity contribution in [1.82, 2.24) is 10.2 Å². The summed E-state index contributed by atoms with van der Waals surface area (Å²) in [5.74, 6) is 1.42. The van der Waals surface area contributed by atoms with Crippen molar-refractivity contribution in [3.63, 3.8) is 0 Å². The number of hydrogen-bond donors (Lipinski definition) is 3. The van der Waals surface area contributed by atoms with Gasteiger partial charge in [-0.25, -0.2) is 4.39 Å². The molecule has 4 nitrogen and oxygen atoms in total. The Bertz CT molecular complexity index is 908. The van der Waals surface area contributed by atoms with Crippen LogP contribution >= 0.6 is 0 Å². The van der Waals surface area contributed by atoms with Gasteiger partial charge in [0, 0.05) is 22.0 Å². The van der Waals surface area contributed by atoms with Crippen LogP contribution in [0.5, 0.6) is 5.75 Å². The van der Waals surface area contributed by atoms with Gasteiger partial charge in [0.1, 0.15) is 17.4 Å². The third-order valence-corrected chi connectivity index (χ3v) is 3.81. The van der Waals surface area contributed by atoms with Crippen LogP contribution in [0, 0.1) is 5.82 Å². The molecule has 0 amide bonds. The van der Waals surface area contributed by atoms with Gasteiger partial charge in [0.25, 0.3) is 0 Å². The number of fused-ring (bicyclic) bond motifs is 3. The molecular weight excluding hydrogens is 281 g/mol. The molecule has 5 heteroatoms. The van der Waals surface area contributed by atoms with E-state index in [4.69, 9.17) is 4.74 Å². The molecule has 1 aliphatic carbocycles. The summed E-state index contributed by atoms with van der Waals surface area (Å²) in [6, 6.07) is 14.3. The smallest absolute Gasteiger partial charge is 0.132 e.